The second-order valence-corrected chi connectivity index (χ2v) is 15.4. The Kier molecular flexibility index (Phi) is 12.2. The maximum Gasteiger partial charge on any atom is 0.387 e. The van der Waals surface area contributed by atoms with Crippen LogP contribution in [-0.4, -0.2) is 66.1 Å². The summed E-state index contributed by atoms with van der Waals surface area (Å²) >= 11 is 13.2. The maximum absolute atomic E-state index is 14.2. The number of nitrogens with one attached hydrogen (secondary N) is 1. The predicted octanol–water partition coefficient (Wildman–Crippen LogP) is 6.52. The second kappa shape index (κ2) is 17.2. The number of carbonyl (C=O) groups is 2. The Morgan fingerprint density at radius 1 is 0.946 bits per heavy atom. The van der Waals surface area contributed by atoms with Crippen molar-refractivity contribution in [1.82, 2.24) is 10.2 Å². The molecular weight excluding hydrogens is 771 g/mol. The van der Waals surface area contributed by atoms with Crippen LogP contribution >= 0.6 is 23.2 Å². The first-order chi connectivity index (χ1) is 26.9. The monoisotopic (exact) mass is 811 g/mol. The molecule has 1 aromatic heterocycles. The van der Waals surface area contributed by atoms with Gasteiger partial charge in [0.25, 0.3) is 0 Å². The van der Waals surface area contributed by atoms with E-state index in [1.165, 1.54) is 30.6 Å². The number of aromatic carboxylic acids is 1. The van der Waals surface area contributed by atoms with Gasteiger partial charge in [0.1, 0.15) is 22.2 Å². The first kappa shape index (κ1) is 39.5. The van der Waals surface area contributed by atoms with E-state index < -0.39 is 41.8 Å². The lowest BCUT2D eigenvalue weighted by Crippen LogP contribution is -2.52. The number of pyridine rings is 1. The summed E-state index contributed by atoms with van der Waals surface area (Å²) in [4.78, 5) is 28.6. The molecule has 11 nitrogen and oxygen atoms in total. The molecule has 4 heterocycles. The average molecular weight is 813 g/mol. The van der Waals surface area contributed by atoms with E-state index in [2.05, 4.69) is 10.2 Å². The zero-order valence-corrected chi connectivity index (χ0v) is 31.7. The van der Waals surface area contributed by atoms with Gasteiger partial charge < -0.3 is 24.4 Å². The highest BCUT2D eigenvalue weighted by Gasteiger charge is 2.38. The molecule has 4 aliphatic rings. The molecule has 56 heavy (non-hydrogen) atoms. The average Bonchev–Trinajstić information content (AvgIpc) is 4.00. The van der Waals surface area contributed by atoms with Crippen LogP contribution in [0.25, 0.3) is 0 Å². The maximum atomic E-state index is 14.2. The van der Waals surface area contributed by atoms with E-state index in [1.807, 2.05) is 6.07 Å². The molecule has 3 saturated heterocycles. The quantitative estimate of drug-likeness (QED) is 0.0650. The highest BCUT2D eigenvalue weighted by molar-refractivity contribution is 6.35. The molecule has 0 amide bonds. The lowest BCUT2D eigenvalue weighted by Gasteiger charge is -2.44. The van der Waals surface area contributed by atoms with Crippen LogP contribution in [0.1, 0.15) is 75.8 Å². The van der Waals surface area contributed by atoms with Crippen molar-refractivity contribution >= 4 is 35.1 Å². The summed E-state index contributed by atoms with van der Waals surface area (Å²) in [6.07, 6.45) is 5.97. The number of hydrogen-bond acceptors (Lipinski definition) is 9. The molecule has 1 unspecified atom stereocenters. The standard InChI is InChI=1S/C41H41Cl2F2N3O8/c42-32-19-48(53)20-33(43)30(32)17-29(26-8-11-34(56-41(44)45)35(16-26)54-22-23-6-7-23)27-9-10-28(39(50)51)38(49)31(27)18-46-37(25-4-2-1-3-5-25)40(52)55-36-21-47-14-12-24(36)13-15-47/h1-5,8-11,16,19-20,23-24,29,36-37,41,46H,6-7,12-15,17-18,21-22H2,(H2-,49,50,51,53)/t29-,36-,37?/m0/s1. The van der Waals surface area contributed by atoms with Crippen LogP contribution in [0.2, 0.25) is 10.0 Å². The fraction of sp³-hybridized carbons (Fsp3) is 0.390. The molecule has 3 atom stereocenters. The molecule has 1 saturated carbocycles. The van der Waals surface area contributed by atoms with E-state index in [-0.39, 0.29) is 64.6 Å². The van der Waals surface area contributed by atoms with Crippen molar-refractivity contribution in [2.75, 3.05) is 26.2 Å². The fourth-order valence-electron chi connectivity index (χ4n) is 7.65. The summed E-state index contributed by atoms with van der Waals surface area (Å²) in [6.45, 7) is -0.527. The van der Waals surface area contributed by atoms with E-state index in [9.17, 15) is 33.8 Å². The van der Waals surface area contributed by atoms with Crippen LogP contribution in [0.4, 0.5) is 8.78 Å². The molecular formula is C41H41Cl2F2N3O8. The number of piperidine rings is 3. The minimum Gasteiger partial charge on any atom is -0.872 e. The second-order valence-electron chi connectivity index (χ2n) is 14.6. The van der Waals surface area contributed by atoms with Crippen molar-refractivity contribution in [2.24, 2.45) is 11.8 Å². The van der Waals surface area contributed by atoms with Gasteiger partial charge in [0.05, 0.1) is 12.2 Å². The highest BCUT2D eigenvalue weighted by atomic mass is 35.5. The minimum absolute atomic E-state index is 0.0121. The first-order valence-electron chi connectivity index (χ1n) is 18.5. The van der Waals surface area contributed by atoms with Crippen molar-refractivity contribution in [1.29, 1.82) is 0 Å². The highest BCUT2D eigenvalue weighted by Crippen LogP contribution is 2.42. The molecule has 4 fully saturated rings. The summed E-state index contributed by atoms with van der Waals surface area (Å²) in [5.41, 5.74) is 1.37. The molecule has 4 aromatic rings. The third-order valence-electron chi connectivity index (χ3n) is 10.9. The molecule has 2 bridgehead atoms. The summed E-state index contributed by atoms with van der Waals surface area (Å²) in [7, 11) is 0. The molecule has 296 valence electrons. The van der Waals surface area contributed by atoms with E-state index in [1.54, 1.807) is 36.4 Å². The Balaban J connectivity index is 1.30. The summed E-state index contributed by atoms with van der Waals surface area (Å²) in [5, 5.41) is 37.7. The third-order valence-corrected chi connectivity index (χ3v) is 11.5. The zero-order chi connectivity index (χ0) is 39.5. The van der Waals surface area contributed by atoms with Gasteiger partial charge in [-0.1, -0.05) is 71.4 Å². The van der Waals surface area contributed by atoms with Crippen LogP contribution in [0, 0.1) is 11.8 Å². The normalized spacial score (nSPS) is 20.1. The fourth-order valence-corrected chi connectivity index (χ4v) is 8.26. The van der Waals surface area contributed by atoms with Gasteiger partial charge in [-0.05, 0) is 97.5 Å². The molecule has 3 aliphatic heterocycles. The van der Waals surface area contributed by atoms with Gasteiger partial charge in [-0.15, -0.1) is 0 Å². The largest absolute Gasteiger partial charge is 0.872 e. The summed E-state index contributed by atoms with van der Waals surface area (Å²) in [5.74, 6) is -3.16. The third kappa shape index (κ3) is 9.12. The number of alkyl halides is 2. The Labute approximate surface area is 332 Å². The number of esters is 1. The zero-order valence-electron chi connectivity index (χ0n) is 30.2. The molecule has 3 aromatic carbocycles. The topological polar surface area (TPSA) is 144 Å². The van der Waals surface area contributed by atoms with Gasteiger partial charge in [-0.3, -0.25) is 15.4 Å². The van der Waals surface area contributed by atoms with Crippen LogP contribution in [0.15, 0.2) is 73.1 Å². The molecule has 0 radical (unpaired) electrons. The Hall–Kier alpha value is -4.69. The number of benzene rings is 3. The minimum atomic E-state index is -3.12. The molecule has 0 spiro atoms. The summed E-state index contributed by atoms with van der Waals surface area (Å²) < 4.78 is 44.6. The van der Waals surface area contributed by atoms with Crippen LogP contribution in [0.5, 0.6) is 17.2 Å². The molecule has 3 N–H and O–H groups in total. The van der Waals surface area contributed by atoms with Gasteiger partial charge in [0.2, 0.25) is 12.4 Å². The Morgan fingerprint density at radius 2 is 1.66 bits per heavy atom. The lowest BCUT2D eigenvalue weighted by molar-refractivity contribution is -0.904. The molecule has 15 heteroatoms. The number of ether oxygens (including phenoxy) is 3. The number of carboxylic acids is 1. The van der Waals surface area contributed by atoms with Crippen molar-refractivity contribution in [2.45, 2.75) is 63.3 Å². The number of halogens is 4. The Bertz CT molecular complexity index is 2040. The van der Waals surface area contributed by atoms with Crippen molar-refractivity contribution in [3.05, 3.63) is 116 Å². The van der Waals surface area contributed by atoms with Gasteiger partial charge in [-0.2, -0.15) is 8.78 Å². The Morgan fingerprint density at radius 3 is 2.29 bits per heavy atom. The van der Waals surface area contributed by atoms with E-state index >= 15 is 0 Å². The van der Waals surface area contributed by atoms with Gasteiger partial charge >= 0.3 is 18.6 Å². The van der Waals surface area contributed by atoms with Crippen LogP contribution in [-0.2, 0) is 22.5 Å². The van der Waals surface area contributed by atoms with Crippen molar-refractivity contribution < 1.29 is 52.7 Å². The number of hydrogen-bond donors (Lipinski definition) is 3. The number of carboxylic acid groups (broad SMARTS) is 1. The summed E-state index contributed by atoms with van der Waals surface area (Å²) in [6, 6.07) is 15.1. The molecule has 1 aliphatic carbocycles. The first-order valence-corrected chi connectivity index (χ1v) is 19.3. The smallest absolute Gasteiger partial charge is 0.387 e. The van der Waals surface area contributed by atoms with Gasteiger partial charge in [-0.25, -0.2) is 9.59 Å². The van der Waals surface area contributed by atoms with Crippen LogP contribution < -0.4 is 24.6 Å². The number of rotatable bonds is 16. The SMILES string of the molecule is O=C(O)c1ccc([C@@H](Cc2c(Cl)c[n+](O)cc2Cl)c2ccc(OC(F)F)c(OCC3CC3)c2)c(CNC(C(=O)O[C@H]2CN3CCC2CC3)c2ccccc2)c1[O-]. The lowest BCUT2D eigenvalue weighted by atomic mass is 9.82. The van der Waals surface area contributed by atoms with Crippen molar-refractivity contribution in [3.63, 3.8) is 0 Å². The van der Waals surface area contributed by atoms with Gasteiger partial charge in [0.15, 0.2) is 11.5 Å². The van der Waals surface area contributed by atoms with E-state index in [0.29, 0.717) is 33.5 Å². The van der Waals surface area contributed by atoms with Crippen molar-refractivity contribution in [3.8, 4) is 17.2 Å². The van der Waals surface area contributed by atoms with Gasteiger partial charge in [0, 0.05) is 29.3 Å². The van der Waals surface area contributed by atoms with E-state index in [4.69, 9.17) is 37.4 Å². The predicted molar refractivity (Wildman–Crippen MR) is 199 cm³/mol. The van der Waals surface area contributed by atoms with Crippen LogP contribution in [0.3, 0.4) is 0 Å². The molecule has 8 rings (SSSR count). The number of fused-ring (bicyclic) bond motifs is 3. The number of nitrogens with zero attached hydrogens (tertiary/aromatic N) is 2. The number of carbonyl (C=O) groups excluding carboxylic acids is 1. The van der Waals surface area contributed by atoms with E-state index in [0.717, 1.165) is 38.8 Å². The number of aromatic nitrogens is 1.